The molecule has 10 nitrogen and oxygen atoms in total. The molecule has 1 aliphatic rings. The molecule has 2 heterocycles. The Morgan fingerprint density at radius 2 is 2.03 bits per heavy atom. The molecule has 0 spiro atoms. The molecule has 2 aromatic carbocycles. The molecule has 36 heavy (non-hydrogen) atoms. The molecule has 0 saturated heterocycles. The largest absolute Gasteiger partial charge is 0.484 e. The van der Waals surface area contributed by atoms with Gasteiger partial charge < -0.3 is 25.2 Å². The summed E-state index contributed by atoms with van der Waals surface area (Å²) in [6.45, 7) is 0.643. The number of hydrogen-bond donors (Lipinski definition) is 3. The lowest BCUT2D eigenvalue weighted by atomic mass is 9.77. The fraction of sp³-hybridized carbons (Fsp3) is 0.385. The van der Waals surface area contributed by atoms with Crippen LogP contribution in [0.1, 0.15) is 28.9 Å². The number of nitrogens with zero attached hydrogens (tertiary/aromatic N) is 2. The van der Waals surface area contributed by atoms with Gasteiger partial charge in [-0.25, -0.2) is 0 Å². The van der Waals surface area contributed by atoms with Crippen molar-refractivity contribution in [3.05, 3.63) is 59.8 Å². The first kappa shape index (κ1) is 25.2. The van der Waals surface area contributed by atoms with Gasteiger partial charge in [0, 0.05) is 32.2 Å². The molecule has 1 atom stereocenters. The maximum absolute atomic E-state index is 13.5. The molecule has 0 aliphatic carbocycles. The third-order valence-electron chi connectivity index (χ3n) is 6.36. The zero-order valence-electron chi connectivity index (χ0n) is 20.2. The number of carbonyl (C=O) groups excluding carboxylic acids is 2. The van der Waals surface area contributed by atoms with Gasteiger partial charge in [-0.3, -0.25) is 19.1 Å². The number of methoxy groups -OCH3 is 1. The summed E-state index contributed by atoms with van der Waals surface area (Å²) in [5.41, 5.74) is 0.406. The Balaban J connectivity index is 1.73. The van der Waals surface area contributed by atoms with Crippen molar-refractivity contribution >= 4 is 28.7 Å². The first-order valence-electron chi connectivity index (χ1n) is 11.9. The Morgan fingerprint density at radius 1 is 1.19 bits per heavy atom. The number of nitrogens with one attached hydrogen (secondary N) is 2. The van der Waals surface area contributed by atoms with Crippen LogP contribution < -0.4 is 15.4 Å². The van der Waals surface area contributed by atoms with E-state index >= 15 is 0 Å². The number of amides is 2. The SMILES string of the molecule is COCCCC1(C(=O)O)CNC(=O)c2c3ccccc3nn2CCNC(=O)COc2cccc(c2)C1. The minimum atomic E-state index is -1.28. The predicted molar refractivity (Wildman–Crippen MR) is 132 cm³/mol. The summed E-state index contributed by atoms with van der Waals surface area (Å²) in [6.07, 6.45) is 0.968. The van der Waals surface area contributed by atoms with Crippen LogP contribution in [0.4, 0.5) is 0 Å². The minimum Gasteiger partial charge on any atom is -0.484 e. The number of carbonyl (C=O) groups is 3. The van der Waals surface area contributed by atoms with Crippen molar-refractivity contribution in [2.45, 2.75) is 25.8 Å². The zero-order chi connectivity index (χ0) is 25.5. The van der Waals surface area contributed by atoms with Crippen LogP contribution in [0.25, 0.3) is 10.9 Å². The van der Waals surface area contributed by atoms with Crippen LogP contribution >= 0.6 is 0 Å². The zero-order valence-corrected chi connectivity index (χ0v) is 20.2. The van der Waals surface area contributed by atoms with E-state index in [0.29, 0.717) is 41.8 Å². The monoisotopic (exact) mass is 494 g/mol. The van der Waals surface area contributed by atoms with Crippen molar-refractivity contribution in [3.8, 4) is 5.75 Å². The predicted octanol–water partition coefficient (Wildman–Crippen LogP) is 2.01. The van der Waals surface area contributed by atoms with Crippen LogP contribution in [-0.4, -0.2) is 66.1 Å². The molecule has 0 saturated carbocycles. The lowest BCUT2D eigenvalue weighted by Gasteiger charge is -2.30. The molecule has 3 aromatic rings. The second kappa shape index (κ2) is 11.2. The molecule has 0 radical (unpaired) electrons. The molecule has 3 N–H and O–H groups in total. The Bertz CT molecular complexity index is 1260. The molecular formula is C26H30N4O6. The lowest BCUT2D eigenvalue weighted by molar-refractivity contribution is -0.149. The second-order valence-corrected chi connectivity index (χ2v) is 8.92. The summed E-state index contributed by atoms with van der Waals surface area (Å²) in [6, 6.07) is 14.3. The average molecular weight is 495 g/mol. The van der Waals surface area contributed by atoms with Crippen LogP contribution in [0.2, 0.25) is 0 Å². The number of hydrogen-bond acceptors (Lipinski definition) is 6. The summed E-state index contributed by atoms with van der Waals surface area (Å²) >= 11 is 0. The summed E-state index contributed by atoms with van der Waals surface area (Å²) in [5.74, 6) is -1.27. The summed E-state index contributed by atoms with van der Waals surface area (Å²) in [4.78, 5) is 38.5. The maximum Gasteiger partial charge on any atom is 0.311 e. The van der Waals surface area contributed by atoms with Crippen molar-refractivity contribution in [1.82, 2.24) is 20.4 Å². The maximum atomic E-state index is 13.5. The van der Waals surface area contributed by atoms with Gasteiger partial charge in [-0.1, -0.05) is 30.3 Å². The molecule has 0 fully saturated rings. The first-order valence-corrected chi connectivity index (χ1v) is 11.9. The van der Waals surface area contributed by atoms with Gasteiger partial charge in [0.05, 0.1) is 17.5 Å². The van der Waals surface area contributed by atoms with E-state index in [1.54, 1.807) is 42.1 Å². The number of aliphatic carboxylic acids is 1. The van der Waals surface area contributed by atoms with E-state index in [1.807, 2.05) is 18.2 Å². The van der Waals surface area contributed by atoms with Gasteiger partial charge in [-0.15, -0.1) is 0 Å². The van der Waals surface area contributed by atoms with E-state index in [4.69, 9.17) is 9.47 Å². The summed E-state index contributed by atoms with van der Waals surface area (Å²) < 4.78 is 12.4. The second-order valence-electron chi connectivity index (χ2n) is 8.92. The third kappa shape index (κ3) is 5.65. The number of aromatic nitrogens is 2. The molecule has 1 unspecified atom stereocenters. The van der Waals surface area contributed by atoms with E-state index in [9.17, 15) is 19.5 Å². The number of rotatable bonds is 5. The molecule has 1 aromatic heterocycles. The molecule has 2 bridgehead atoms. The van der Waals surface area contributed by atoms with Gasteiger partial charge in [-0.2, -0.15) is 5.10 Å². The van der Waals surface area contributed by atoms with Crippen LogP contribution in [-0.2, 0) is 27.3 Å². The van der Waals surface area contributed by atoms with E-state index in [1.165, 1.54) is 0 Å². The van der Waals surface area contributed by atoms with Gasteiger partial charge in [-0.05, 0) is 43.0 Å². The number of fused-ring (bicyclic) bond motifs is 5. The first-order chi connectivity index (χ1) is 17.4. The molecule has 10 heteroatoms. The Labute approximate surface area is 208 Å². The van der Waals surface area contributed by atoms with Gasteiger partial charge >= 0.3 is 5.97 Å². The van der Waals surface area contributed by atoms with Crippen molar-refractivity contribution in [2.75, 3.05) is 33.4 Å². The molecule has 4 rings (SSSR count). The number of benzene rings is 2. The minimum absolute atomic E-state index is 0.0772. The average Bonchev–Trinajstić information content (AvgIpc) is 3.24. The van der Waals surface area contributed by atoms with Crippen molar-refractivity contribution in [1.29, 1.82) is 0 Å². The highest BCUT2D eigenvalue weighted by atomic mass is 16.5. The highest BCUT2D eigenvalue weighted by molar-refractivity contribution is 6.05. The fourth-order valence-corrected chi connectivity index (χ4v) is 4.50. The van der Waals surface area contributed by atoms with Crippen molar-refractivity contribution in [3.63, 3.8) is 0 Å². The highest BCUT2D eigenvalue weighted by Gasteiger charge is 2.39. The smallest absolute Gasteiger partial charge is 0.311 e. The van der Waals surface area contributed by atoms with E-state index < -0.39 is 17.3 Å². The fourth-order valence-electron chi connectivity index (χ4n) is 4.50. The van der Waals surface area contributed by atoms with Gasteiger partial charge in [0.1, 0.15) is 11.4 Å². The Hall–Kier alpha value is -3.92. The van der Waals surface area contributed by atoms with Crippen LogP contribution in [0, 0.1) is 5.41 Å². The quantitative estimate of drug-likeness (QED) is 0.462. The van der Waals surface area contributed by atoms with Crippen LogP contribution in [0.5, 0.6) is 5.75 Å². The van der Waals surface area contributed by atoms with E-state index in [2.05, 4.69) is 15.7 Å². The van der Waals surface area contributed by atoms with Gasteiger partial charge in [0.25, 0.3) is 11.8 Å². The topological polar surface area (TPSA) is 132 Å². The standard InChI is InChI=1S/C26H30N4O6/c1-35-13-5-10-26(25(33)34)15-18-6-4-7-19(14-18)36-16-22(31)27-11-12-30-23(24(32)28-17-26)20-8-2-3-9-21(20)29-30/h2-4,6-9,14H,5,10-13,15-17H2,1H3,(H,27,31)(H,28,32)(H,33,34). The molecule has 1 aliphatic heterocycles. The van der Waals surface area contributed by atoms with Crippen molar-refractivity contribution < 1.29 is 29.0 Å². The van der Waals surface area contributed by atoms with Crippen molar-refractivity contribution in [2.24, 2.45) is 5.41 Å². The number of carboxylic acids is 1. The lowest BCUT2D eigenvalue weighted by Crippen LogP contribution is -2.45. The van der Waals surface area contributed by atoms with E-state index in [0.717, 1.165) is 5.56 Å². The molecule has 190 valence electrons. The van der Waals surface area contributed by atoms with Crippen LogP contribution in [0.3, 0.4) is 0 Å². The molecule has 2 amide bonds. The van der Waals surface area contributed by atoms with E-state index in [-0.39, 0.29) is 38.6 Å². The van der Waals surface area contributed by atoms with Gasteiger partial charge in [0.2, 0.25) is 0 Å². The van der Waals surface area contributed by atoms with Crippen LogP contribution in [0.15, 0.2) is 48.5 Å². The normalized spacial score (nSPS) is 19.1. The number of carboxylic acid groups (broad SMARTS) is 1. The Kier molecular flexibility index (Phi) is 7.84. The molecular weight excluding hydrogens is 464 g/mol. The number of ether oxygens (including phenoxy) is 2. The Morgan fingerprint density at radius 3 is 2.83 bits per heavy atom. The third-order valence-corrected chi connectivity index (χ3v) is 6.36. The van der Waals surface area contributed by atoms with Gasteiger partial charge in [0.15, 0.2) is 6.61 Å². The summed E-state index contributed by atoms with van der Waals surface area (Å²) in [7, 11) is 1.57. The highest BCUT2D eigenvalue weighted by Crippen LogP contribution is 2.31. The summed E-state index contributed by atoms with van der Waals surface area (Å²) in [5, 5.41) is 21.2.